The zero-order valence-corrected chi connectivity index (χ0v) is 9.12. The Morgan fingerprint density at radius 3 is 2.80 bits per heavy atom. The molecule has 1 N–H and O–H groups in total. The number of aromatic nitrogens is 1. The number of hydrogen-bond acceptors (Lipinski definition) is 3. The minimum Gasteiger partial charge on any atom is -0.383 e. The van der Waals surface area contributed by atoms with Crippen molar-refractivity contribution < 1.29 is 4.74 Å². The molecule has 0 atom stereocenters. The van der Waals surface area contributed by atoms with Gasteiger partial charge >= 0.3 is 0 Å². The van der Waals surface area contributed by atoms with Gasteiger partial charge in [-0.25, -0.2) is 0 Å². The topological polar surface area (TPSA) is 43.3 Å². The molecule has 1 saturated heterocycles. The predicted octanol–water partition coefficient (Wildman–Crippen LogP) is 0.834. The van der Waals surface area contributed by atoms with E-state index in [1.54, 1.807) is 17.7 Å². The molecule has 4 nitrogen and oxygen atoms in total. The number of ether oxygens (including phenoxy) is 1. The fourth-order valence-electron chi connectivity index (χ4n) is 1.57. The molecule has 0 saturated carbocycles. The van der Waals surface area contributed by atoms with Crippen LogP contribution in [0.2, 0.25) is 0 Å². The monoisotopic (exact) mass is 208 g/mol. The molecule has 0 unspecified atom stereocenters. The van der Waals surface area contributed by atoms with Crippen molar-refractivity contribution in [1.29, 1.82) is 0 Å². The highest BCUT2D eigenvalue weighted by Crippen LogP contribution is 2.26. The fraction of sp³-hybridized carbons (Fsp3) is 0.545. The van der Waals surface area contributed by atoms with Crippen molar-refractivity contribution in [2.45, 2.75) is 6.92 Å². The summed E-state index contributed by atoms with van der Waals surface area (Å²) in [6.45, 7) is 4.69. The largest absolute Gasteiger partial charge is 0.383 e. The Labute approximate surface area is 88.9 Å². The molecule has 2 rings (SSSR count). The number of anilines is 1. The Kier molecular flexibility index (Phi) is 2.52. The number of hydrogen-bond donors (Lipinski definition) is 1. The van der Waals surface area contributed by atoms with Gasteiger partial charge in [0.2, 0.25) is 5.56 Å². The van der Waals surface area contributed by atoms with Crippen LogP contribution in [0.1, 0.15) is 6.92 Å². The van der Waals surface area contributed by atoms with Gasteiger partial charge in [-0.1, -0.05) is 6.92 Å². The van der Waals surface area contributed by atoms with Crippen molar-refractivity contribution in [3.05, 3.63) is 28.7 Å². The summed E-state index contributed by atoms with van der Waals surface area (Å²) in [7, 11) is 1.75. The molecule has 82 valence electrons. The SMILES string of the molecule is Cn1cc(NCC2(C)COC2)ccc1=O. The van der Waals surface area contributed by atoms with Crippen molar-refractivity contribution in [2.24, 2.45) is 12.5 Å². The minimum atomic E-state index is 0.0127. The van der Waals surface area contributed by atoms with Gasteiger partial charge in [0.25, 0.3) is 0 Å². The lowest BCUT2D eigenvalue weighted by Crippen LogP contribution is -2.45. The summed E-state index contributed by atoms with van der Waals surface area (Å²) in [5, 5.41) is 3.32. The maximum absolute atomic E-state index is 11.2. The van der Waals surface area contributed by atoms with Gasteiger partial charge in [0.05, 0.1) is 18.9 Å². The second kappa shape index (κ2) is 3.70. The lowest BCUT2D eigenvalue weighted by molar-refractivity contribution is -0.0924. The van der Waals surface area contributed by atoms with Gasteiger partial charge in [-0.3, -0.25) is 4.79 Å². The lowest BCUT2D eigenvalue weighted by atomic mass is 9.89. The number of nitrogens with zero attached hydrogens (tertiary/aromatic N) is 1. The van der Waals surface area contributed by atoms with E-state index in [0.717, 1.165) is 25.4 Å². The first-order chi connectivity index (χ1) is 7.09. The van der Waals surface area contributed by atoms with Gasteiger partial charge in [-0.05, 0) is 6.07 Å². The third-order valence-corrected chi connectivity index (χ3v) is 2.71. The molecule has 1 aliphatic rings. The second-order valence-electron chi connectivity index (χ2n) is 4.52. The van der Waals surface area contributed by atoms with Crippen LogP contribution in [0, 0.1) is 5.41 Å². The third-order valence-electron chi connectivity index (χ3n) is 2.71. The number of nitrogens with one attached hydrogen (secondary N) is 1. The minimum absolute atomic E-state index is 0.0127. The number of rotatable bonds is 3. The second-order valence-corrected chi connectivity index (χ2v) is 4.52. The van der Waals surface area contributed by atoms with E-state index in [0.29, 0.717) is 0 Å². The zero-order valence-electron chi connectivity index (χ0n) is 9.12. The van der Waals surface area contributed by atoms with Crippen molar-refractivity contribution in [3.63, 3.8) is 0 Å². The van der Waals surface area contributed by atoms with Crippen LogP contribution >= 0.6 is 0 Å². The highest BCUT2D eigenvalue weighted by Gasteiger charge is 2.32. The summed E-state index contributed by atoms with van der Waals surface area (Å²) in [5.41, 5.74) is 1.23. The number of aryl methyl sites for hydroxylation is 1. The Morgan fingerprint density at radius 1 is 1.53 bits per heavy atom. The van der Waals surface area contributed by atoms with Crippen LogP contribution in [-0.2, 0) is 11.8 Å². The lowest BCUT2D eigenvalue weighted by Gasteiger charge is -2.38. The zero-order chi connectivity index (χ0) is 10.9. The molecule has 1 aromatic heterocycles. The van der Waals surface area contributed by atoms with Crippen LogP contribution < -0.4 is 10.9 Å². The van der Waals surface area contributed by atoms with Gasteiger partial charge in [0.1, 0.15) is 0 Å². The van der Waals surface area contributed by atoms with Crippen molar-refractivity contribution in [1.82, 2.24) is 4.57 Å². The van der Waals surface area contributed by atoms with Crippen LogP contribution in [0.4, 0.5) is 5.69 Å². The van der Waals surface area contributed by atoms with Gasteiger partial charge in [0, 0.05) is 31.3 Å². The molecule has 0 aromatic carbocycles. The van der Waals surface area contributed by atoms with Crippen molar-refractivity contribution in [2.75, 3.05) is 25.1 Å². The van der Waals surface area contributed by atoms with E-state index in [1.807, 2.05) is 12.3 Å². The summed E-state index contributed by atoms with van der Waals surface area (Å²) in [6.07, 6.45) is 1.81. The molecule has 0 spiro atoms. The Morgan fingerprint density at radius 2 is 2.27 bits per heavy atom. The molecular weight excluding hydrogens is 192 g/mol. The van der Waals surface area contributed by atoms with E-state index >= 15 is 0 Å². The molecular formula is C11H16N2O2. The quantitative estimate of drug-likeness (QED) is 0.800. The molecule has 0 amide bonds. The van der Waals surface area contributed by atoms with E-state index in [2.05, 4.69) is 12.2 Å². The summed E-state index contributed by atoms with van der Waals surface area (Å²) < 4.78 is 6.75. The van der Waals surface area contributed by atoms with E-state index in [1.165, 1.54) is 0 Å². The van der Waals surface area contributed by atoms with Crippen molar-refractivity contribution in [3.8, 4) is 0 Å². The maximum Gasteiger partial charge on any atom is 0.250 e. The van der Waals surface area contributed by atoms with Crippen LogP contribution in [0.25, 0.3) is 0 Å². The Balaban J connectivity index is 1.99. The maximum atomic E-state index is 11.2. The average molecular weight is 208 g/mol. The fourth-order valence-corrected chi connectivity index (χ4v) is 1.57. The molecule has 15 heavy (non-hydrogen) atoms. The van der Waals surface area contributed by atoms with Crippen molar-refractivity contribution >= 4 is 5.69 Å². The van der Waals surface area contributed by atoms with Crippen LogP contribution in [-0.4, -0.2) is 24.3 Å². The van der Waals surface area contributed by atoms with E-state index < -0.39 is 0 Å². The first kappa shape index (κ1) is 10.2. The molecule has 0 bridgehead atoms. The Hall–Kier alpha value is -1.29. The van der Waals surface area contributed by atoms with E-state index in [9.17, 15) is 4.79 Å². The molecule has 1 aromatic rings. The van der Waals surface area contributed by atoms with E-state index in [-0.39, 0.29) is 11.0 Å². The standard InChI is InChI=1S/C11H16N2O2/c1-11(7-15-8-11)6-12-9-3-4-10(14)13(2)5-9/h3-5,12H,6-8H2,1-2H3. The molecule has 1 aliphatic heterocycles. The number of pyridine rings is 1. The highest BCUT2D eigenvalue weighted by atomic mass is 16.5. The molecule has 1 fully saturated rings. The summed E-state index contributed by atoms with van der Waals surface area (Å²) in [4.78, 5) is 11.2. The van der Waals surface area contributed by atoms with Gasteiger partial charge in [0.15, 0.2) is 0 Å². The van der Waals surface area contributed by atoms with Crippen LogP contribution in [0.5, 0.6) is 0 Å². The summed E-state index contributed by atoms with van der Waals surface area (Å²) >= 11 is 0. The molecule has 4 heteroatoms. The summed E-state index contributed by atoms with van der Waals surface area (Å²) in [6, 6.07) is 3.38. The normalized spacial score (nSPS) is 18.3. The smallest absolute Gasteiger partial charge is 0.250 e. The Bertz CT molecular complexity index is 407. The van der Waals surface area contributed by atoms with Gasteiger partial charge in [-0.15, -0.1) is 0 Å². The van der Waals surface area contributed by atoms with Gasteiger partial charge < -0.3 is 14.6 Å². The first-order valence-corrected chi connectivity index (χ1v) is 5.07. The van der Waals surface area contributed by atoms with E-state index in [4.69, 9.17) is 4.74 Å². The first-order valence-electron chi connectivity index (χ1n) is 5.07. The van der Waals surface area contributed by atoms with Gasteiger partial charge in [-0.2, -0.15) is 0 Å². The predicted molar refractivity (Wildman–Crippen MR) is 59.1 cm³/mol. The van der Waals surface area contributed by atoms with Crippen LogP contribution in [0.3, 0.4) is 0 Å². The molecule has 0 radical (unpaired) electrons. The molecule has 2 heterocycles. The average Bonchev–Trinajstić information content (AvgIpc) is 2.17. The van der Waals surface area contributed by atoms with Crippen LogP contribution in [0.15, 0.2) is 23.1 Å². The highest BCUT2D eigenvalue weighted by molar-refractivity contribution is 5.40. The third kappa shape index (κ3) is 2.21. The molecule has 0 aliphatic carbocycles. The summed E-state index contributed by atoms with van der Waals surface area (Å²) in [5.74, 6) is 0.